The second kappa shape index (κ2) is 10.5. The van der Waals surface area contributed by atoms with Crippen LogP contribution in [0.15, 0.2) is 0 Å². The summed E-state index contributed by atoms with van der Waals surface area (Å²) in [5, 5.41) is 8.66. The molecule has 0 aromatic rings. The smallest absolute Gasteiger partial charge is 0.329 e. The van der Waals surface area contributed by atoms with Crippen molar-refractivity contribution < 1.29 is 19.4 Å². The number of hydrogen-bond donors (Lipinski definition) is 1. The van der Waals surface area contributed by atoms with Gasteiger partial charge in [0.15, 0.2) is 5.05 Å². The lowest BCUT2D eigenvalue weighted by atomic mass is 10.1. The molecule has 100 valence electrons. The molecule has 0 aromatic heterocycles. The Bertz CT molecular complexity index is 229. The Balaban J connectivity index is 3.25. The molecule has 17 heavy (non-hydrogen) atoms. The van der Waals surface area contributed by atoms with Crippen LogP contribution in [0, 0.1) is 5.92 Å². The van der Waals surface area contributed by atoms with E-state index in [9.17, 15) is 4.79 Å². The van der Waals surface area contributed by atoms with Crippen LogP contribution in [-0.4, -0.2) is 35.9 Å². The number of ether oxygens (including phenoxy) is 2. The third-order valence-electron chi connectivity index (χ3n) is 2.13. The Kier molecular flexibility index (Phi) is 10.1. The topological polar surface area (TPSA) is 55.8 Å². The highest BCUT2D eigenvalue weighted by atomic mass is 32.1. The highest BCUT2D eigenvalue weighted by Crippen LogP contribution is 2.07. The van der Waals surface area contributed by atoms with Gasteiger partial charge in [-0.15, -0.1) is 0 Å². The van der Waals surface area contributed by atoms with Crippen molar-refractivity contribution in [2.24, 2.45) is 5.92 Å². The van der Waals surface area contributed by atoms with E-state index in [-0.39, 0.29) is 13.2 Å². The van der Waals surface area contributed by atoms with Crippen molar-refractivity contribution in [1.29, 1.82) is 0 Å². The van der Waals surface area contributed by atoms with Gasteiger partial charge in [-0.05, 0) is 24.6 Å². The molecule has 0 amide bonds. The van der Waals surface area contributed by atoms with E-state index in [1.165, 1.54) is 12.8 Å². The molecule has 0 radical (unpaired) electrons. The first-order chi connectivity index (χ1) is 8.02. The second-order valence-electron chi connectivity index (χ2n) is 4.35. The van der Waals surface area contributed by atoms with E-state index in [0.717, 1.165) is 18.8 Å². The minimum atomic E-state index is -0.999. The number of unbranched alkanes of at least 4 members (excludes halogenated alkanes) is 2. The third-order valence-corrected chi connectivity index (χ3v) is 2.37. The molecule has 0 aliphatic rings. The molecule has 1 N–H and O–H groups in total. The van der Waals surface area contributed by atoms with Crippen LogP contribution in [0.2, 0.25) is 0 Å². The molecule has 0 heterocycles. The maximum Gasteiger partial charge on any atom is 0.329 e. The zero-order valence-electron chi connectivity index (χ0n) is 10.6. The minimum absolute atomic E-state index is 0.0770. The van der Waals surface area contributed by atoms with Gasteiger partial charge in [-0.2, -0.15) is 0 Å². The predicted octanol–water partition coefficient (Wildman–Crippen LogP) is 2.65. The Morgan fingerprint density at radius 3 is 2.53 bits per heavy atom. The van der Waals surface area contributed by atoms with Gasteiger partial charge in [0.1, 0.15) is 13.2 Å². The number of rotatable bonds is 10. The first-order valence-electron chi connectivity index (χ1n) is 5.97. The standard InChI is InChI=1S/C12H22O4S/c1-10(2)6-4-3-5-7-16-12(17)9-15-8-11(13)14/h10H,3-9H2,1-2H3,(H,13,14). The van der Waals surface area contributed by atoms with Gasteiger partial charge in [0.2, 0.25) is 0 Å². The van der Waals surface area contributed by atoms with Crippen LogP contribution in [0.4, 0.5) is 0 Å². The summed E-state index contributed by atoms with van der Waals surface area (Å²) in [5.41, 5.74) is 0. The summed E-state index contributed by atoms with van der Waals surface area (Å²) in [6, 6.07) is 0. The van der Waals surface area contributed by atoms with Crippen LogP contribution >= 0.6 is 12.2 Å². The van der Waals surface area contributed by atoms with Crippen molar-refractivity contribution in [3.63, 3.8) is 0 Å². The van der Waals surface area contributed by atoms with Crippen molar-refractivity contribution >= 4 is 23.2 Å². The molecule has 0 rings (SSSR count). The lowest BCUT2D eigenvalue weighted by Gasteiger charge is -2.08. The molecular formula is C12H22O4S. The molecule has 0 saturated carbocycles. The summed E-state index contributed by atoms with van der Waals surface area (Å²) in [5.74, 6) is -0.247. The van der Waals surface area contributed by atoms with Crippen molar-refractivity contribution in [3.05, 3.63) is 0 Å². The molecule has 4 nitrogen and oxygen atoms in total. The number of carboxylic acids is 1. The van der Waals surface area contributed by atoms with Crippen molar-refractivity contribution in [2.45, 2.75) is 39.5 Å². The summed E-state index contributed by atoms with van der Waals surface area (Å²) in [7, 11) is 0. The zero-order chi connectivity index (χ0) is 13.1. The average Bonchev–Trinajstić information content (AvgIpc) is 2.22. The van der Waals surface area contributed by atoms with Gasteiger partial charge in [0.25, 0.3) is 0 Å². The van der Waals surface area contributed by atoms with E-state index in [2.05, 4.69) is 13.8 Å². The van der Waals surface area contributed by atoms with Crippen LogP contribution in [-0.2, 0) is 14.3 Å². The second-order valence-corrected chi connectivity index (χ2v) is 4.81. The summed E-state index contributed by atoms with van der Waals surface area (Å²) in [4.78, 5) is 10.2. The predicted molar refractivity (Wildman–Crippen MR) is 70.3 cm³/mol. The van der Waals surface area contributed by atoms with Gasteiger partial charge in [0, 0.05) is 0 Å². The third kappa shape index (κ3) is 13.3. The number of carboxylic acid groups (broad SMARTS) is 1. The highest BCUT2D eigenvalue weighted by molar-refractivity contribution is 7.80. The molecular weight excluding hydrogens is 240 g/mol. The molecule has 0 aromatic carbocycles. The Hall–Kier alpha value is -0.680. The number of thiocarbonyl (C=S) groups is 1. The Morgan fingerprint density at radius 1 is 1.24 bits per heavy atom. The van der Waals surface area contributed by atoms with E-state index in [4.69, 9.17) is 26.8 Å². The molecule has 0 aliphatic carbocycles. The van der Waals surface area contributed by atoms with E-state index in [0.29, 0.717) is 11.7 Å². The fraction of sp³-hybridized carbons (Fsp3) is 0.833. The Labute approximate surface area is 108 Å². The molecule has 0 unspecified atom stereocenters. The first kappa shape index (κ1) is 16.3. The molecule has 0 aliphatic heterocycles. The summed E-state index contributed by atoms with van der Waals surface area (Å²) in [6.07, 6.45) is 4.57. The van der Waals surface area contributed by atoms with E-state index >= 15 is 0 Å². The number of carbonyl (C=O) groups is 1. The quantitative estimate of drug-likeness (QED) is 0.484. The van der Waals surface area contributed by atoms with E-state index in [1.807, 2.05) is 0 Å². The van der Waals surface area contributed by atoms with Gasteiger partial charge in [-0.3, -0.25) is 0 Å². The van der Waals surface area contributed by atoms with Crippen LogP contribution in [0.5, 0.6) is 0 Å². The zero-order valence-corrected chi connectivity index (χ0v) is 11.4. The molecule has 0 bridgehead atoms. The maximum atomic E-state index is 10.2. The van der Waals surface area contributed by atoms with Crippen LogP contribution in [0.25, 0.3) is 0 Å². The summed E-state index contributed by atoms with van der Waals surface area (Å²) in [6.45, 7) is 4.76. The lowest BCUT2D eigenvalue weighted by molar-refractivity contribution is -0.141. The van der Waals surface area contributed by atoms with Crippen LogP contribution < -0.4 is 0 Å². The summed E-state index contributed by atoms with van der Waals surface area (Å²) < 4.78 is 10.0. The SMILES string of the molecule is CC(C)CCCCCOC(=S)COCC(=O)O. The number of hydrogen-bond acceptors (Lipinski definition) is 4. The van der Waals surface area contributed by atoms with Crippen LogP contribution in [0.1, 0.15) is 39.5 Å². The maximum absolute atomic E-state index is 10.2. The van der Waals surface area contributed by atoms with Gasteiger partial charge in [-0.25, -0.2) is 4.79 Å². The van der Waals surface area contributed by atoms with Gasteiger partial charge < -0.3 is 14.6 Å². The van der Waals surface area contributed by atoms with E-state index in [1.54, 1.807) is 0 Å². The largest absolute Gasteiger partial charge is 0.485 e. The lowest BCUT2D eigenvalue weighted by Crippen LogP contribution is -2.15. The van der Waals surface area contributed by atoms with Crippen molar-refractivity contribution in [1.82, 2.24) is 0 Å². The average molecular weight is 262 g/mol. The highest BCUT2D eigenvalue weighted by Gasteiger charge is 2.01. The summed E-state index contributed by atoms with van der Waals surface area (Å²) >= 11 is 4.89. The molecule has 0 saturated heterocycles. The van der Waals surface area contributed by atoms with Gasteiger partial charge >= 0.3 is 5.97 Å². The molecule has 0 fully saturated rings. The first-order valence-corrected chi connectivity index (χ1v) is 6.38. The fourth-order valence-electron chi connectivity index (χ4n) is 1.28. The normalized spacial score (nSPS) is 10.5. The van der Waals surface area contributed by atoms with Gasteiger partial charge in [0.05, 0.1) is 6.61 Å². The van der Waals surface area contributed by atoms with Crippen molar-refractivity contribution in [3.8, 4) is 0 Å². The molecule has 0 spiro atoms. The van der Waals surface area contributed by atoms with E-state index < -0.39 is 5.97 Å². The Morgan fingerprint density at radius 2 is 1.94 bits per heavy atom. The van der Waals surface area contributed by atoms with Gasteiger partial charge in [-0.1, -0.05) is 33.1 Å². The minimum Gasteiger partial charge on any atom is -0.485 e. The number of aliphatic carboxylic acids is 1. The molecule has 0 atom stereocenters. The van der Waals surface area contributed by atoms with Crippen molar-refractivity contribution in [2.75, 3.05) is 19.8 Å². The monoisotopic (exact) mass is 262 g/mol. The van der Waals surface area contributed by atoms with Crippen LogP contribution in [0.3, 0.4) is 0 Å². The molecule has 5 heteroatoms. The fourth-order valence-corrected chi connectivity index (χ4v) is 1.45.